The first kappa shape index (κ1) is 17.3. The van der Waals surface area contributed by atoms with Gasteiger partial charge in [-0.1, -0.05) is 24.0 Å². The Balaban J connectivity index is 1.39. The Labute approximate surface area is 151 Å². The average molecular weight is 354 g/mol. The number of benzene rings is 2. The Morgan fingerprint density at radius 1 is 1.15 bits per heavy atom. The molecule has 0 saturated carbocycles. The van der Waals surface area contributed by atoms with E-state index in [1.165, 1.54) is 0 Å². The summed E-state index contributed by atoms with van der Waals surface area (Å²) in [5.74, 6) is 8.24. The molecule has 2 N–H and O–H groups in total. The molecule has 2 aromatic rings. The summed E-state index contributed by atoms with van der Waals surface area (Å²) in [4.78, 5) is 11.8. The van der Waals surface area contributed by atoms with Crippen molar-refractivity contribution in [2.24, 2.45) is 0 Å². The van der Waals surface area contributed by atoms with Gasteiger partial charge in [0.25, 0.3) is 0 Å². The summed E-state index contributed by atoms with van der Waals surface area (Å²) in [6.07, 6.45) is 0. The van der Waals surface area contributed by atoms with Gasteiger partial charge >= 0.3 is 6.03 Å². The molecule has 7 nitrogen and oxygen atoms in total. The molecule has 0 fully saturated rings. The van der Waals surface area contributed by atoms with Crippen molar-refractivity contribution in [1.82, 2.24) is 5.32 Å². The maximum absolute atomic E-state index is 11.8. The molecule has 1 aliphatic rings. The second-order valence-corrected chi connectivity index (χ2v) is 5.17. The molecule has 134 valence electrons. The van der Waals surface area contributed by atoms with Gasteiger partial charge in [0.05, 0.1) is 19.3 Å². The summed E-state index contributed by atoms with van der Waals surface area (Å²) >= 11 is 0. The molecule has 0 atom stereocenters. The van der Waals surface area contributed by atoms with Crippen LogP contribution in [0.2, 0.25) is 0 Å². The maximum Gasteiger partial charge on any atom is 0.320 e. The van der Waals surface area contributed by atoms with Gasteiger partial charge in [-0.25, -0.2) is 4.79 Å². The second kappa shape index (κ2) is 8.53. The summed E-state index contributed by atoms with van der Waals surface area (Å²) in [6.45, 7) is 0.627. The van der Waals surface area contributed by atoms with Crippen LogP contribution in [0, 0.1) is 11.8 Å². The van der Waals surface area contributed by atoms with Gasteiger partial charge in [-0.15, -0.1) is 0 Å². The van der Waals surface area contributed by atoms with Crippen molar-refractivity contribution in [3.05, 3.63) is 42.5 Å². The number of urea groups is 1. The molecule has 2 amide bonds. The van der Waals surface area contributed by atoms with Crippen molar-refractivity contribution in [3.8, 4) is 34.8 Å². The van der Waals surface area contributed by atoms with Crippen LogP contribution in [0.4, 0.5) is 10.5 Å². The molecule has 7 heteroatoms. The van der Waals surface area contributed by atoms with E-state index < -0.39 is 0 Å². The number of fused-ring (bicyclic) bond motifs is 1. The van der Waals surface area contributed by atoms with Gasteiger partial charge in [0.2, 0.25) is 6.79 Å². The zero-order valence-corrected chi connectivity index (χ0v) is 14.2. The first-order valence-corrected chi connectivity index (χ1v) is 7.92. The number of nitrogens with one attached hydrogen (secondary N) is 2. The molecule has 0 bridgehead atoms. The third-order valence-electron chi connectivity index (χ3n) is 3.47. The van der Waals surface area contributed by atoms with Crippen LogP contribution in [0.15, 0.2) is 42.5 Å². The van der Waals surface area contributed by atoms with Crippen molar-refractivity contribution < 1.29 is 23.7 Å². The van der Waals surface area contributed by atoms with E-state index >= 15 is 0 Å². The van der Waals surface area contributed by atoms with Crippen LogP contribution >= 0.6 is 0 Å². The Kier molecular flexibility index (Phi) is 5.68. The van der Waals surface area contributed by atoms with Gasteiger partial charge in [-0.2, -0.15) is 0 Å². The molecule has 3 rings (SSSR count). The lowest BCUT2D eigenvalue weighted by atomic mass is 10.3. The van der Waals surface area contributed by atoms with Crippen LogP contribution in [0.25, 0.3) is 0 Å². The molecule has 2 aromatic carbocycles. The number of hydrogen-bond acceptors (Lipinski definition) is 5. The quantitative estimate of drug-likeness (QED) is 0.807. The summed E-state index contributed by atoms with van der Waals surface area (Å²) in [6, 6.07) is 12.1. The van der Waals surface area contributed by atoms with Gasteiger partial charge in [0, 0.05) is 6.07 Å². The number of carbonyl (C=O) groups is 1. The highest BCUT2D eigenvalue weighted by atomic mass is 16.7. The molecule has 0 saturated heterocycles. The third kappa shape index (κ3) is 4.51. The lowest BCUT2D eigenvalue weighted by Crippen LogP contribution is -2.29. The summed E-state index contributed by atoms with van der Waals surface area (Å²) in [7, 11) is 1.55. The summed E-state index contributed by atoms with van der Waals surface area (Å²) in [5.41, 5.74) is 0.589. The highest BCUT2D eigenvalue weighted by molar-refractivity contribution is 5.91. The van der Waals surface area contributed by atoms with Crippen LogP contribution in [-0.2, 0) is 0 Å². The predicted molar refractivity (Wildman–Crippen MR) is 95.9 cm³/mol. The minimum absolute atomic E-state index is 0.200. The number of amides is 2. The zero-order chi connectivity index (χ0) is 18.2. The number of rotatable bonds is 5. The fourth-order valence-corrected chi connectivity index (χ4v) is 2.24. The minimum Gasteiger partial charge on any atom is -0.495 e. The Morgan fingerprint density at radius 3 is 2.88 bits per heavy atom. The lowest BCUT2D eigenvalue weighted by molar-refractivity contribution is 0.174. The summed E-state index contributed by atoms with van der Waals surface area (Å²) < 4.78 is 21.2. The molecule has 0 spiro atoms. The molecular formula is C19H18N2O5. The second-order valence-electron chi connectivity index (χ2n) is 5.17. The van der Waals surface area contributed by atoms with Gasteiger partial charge < -0.3 is 29.6 Å². The number of carbonyl (C=O) groups excluding carboxylic acids is 1. The van der Waals surface area contributed by atoms with E-state index in [1.807, 2.05) is 12.1 Å². The topological polar surface area (TPSA) is 78.1 Å². The van der Waals surface area contributed by atoms with Crippen molar-refractivity contribution in [2.75, 3.05) is 32.4 Å². The predicted octanol–water partition coefficient (Wildman–Crippen LogP) is 2.63. The van der Waals surface area contributed by atoms with Crippen LogP contribution < -0.4 is 29.6 Å². The normalized spacial score (nSPS) is 11.1. The standard InChI is InChI=1S/C19H18N2O5/c1-23-16-7-3-2-6-15(16)21-19(22)20-10-4-5-11-24-14-8-9-17-18(12-14)26-13-25-17/h2-3,6-9,12H,10-11,13H2,1H3,(H2,20,21,22). The minimum atomic E-state index is -0.361. The first-order chi connectivity index (χ1) is 12.8. The van der Waals surface area contributed by atoms with Crippen LogP contribution in [0.3, 0.4) is 0 Å². The Bertz CT molecular complexity index is 841. The van der Waals surface area contributed by atoms with Crippen molar-refractivity contribution >= 4 is 11.7 Å². The van der Waals surface area contributed by atoms with E-state index in [1.54, 1.807) is 37.4 Å². The van der Waals surface area contributed by atoms with Gasteiger partial charge in [-0.3, -0.25) is 0 Å². The first-order valence-electron chi connectivity index (χ1n) is 7.92. The van der Waals surface area contributed by atoms with Crippen molar-refractivity contribution in [2.45, 2.75) is 0 Å². The molecule has 26 heavy (non-hydrogen) atoms. The third-order valence-corrected chi connectivity index (χ3v) is 3.47. The van der Waals surface area contributed by atoms with E-state index in [-0.39, 0.29) is 26.0 Å². The highest BCUT2D eigenvalue weighted by Crippen LogP contribution is 2.34. The SMILES string of the molecule is COc1ccccc1NC(=O)NCC#CCOc1ccc2c(c1)OCO2. The summed E-state index contributed by atoms with van der Waals surface area (Å²) in [5, 5.41) is 5.35. The number of para-hydroxylation sites is 2. The smallest absolute Gasteiger partial charge is 0.320 e. The molecule has 0 aliphatic carbocycles. The van der Waals surface area contributed by atoms with E-state index in [4.69, 9.17) is 18.9 Å². The van der Waals surface area contributed by atoms with Crippen molar-refractivity contribution in [1.29, 1.82) is 0 Å². The van der Waals surface area contributed by atoms with Gasteiger partial charge in [0.15, 0.2) is 11.5 Å². The van der Waals surface area contributed by atoms with Gasteiger partial charge in [0.1, 0.15) is 18.1 Å². The molecule has 0 aromatic heterocycles. The fourth-order valence-electron chi connectivity index (χ4n) is 2.24. The number of methoxy groups -OCH3 is 1. The van der Waals surface area contributed by atoms with E-state index in [0.717, 1.165) is 0 Å². The van der Waals surface area contributed by atoms with E-state index in [0.29, 0.717) is 28.7 Å². The van der Waals surface area contributed by atoms with E-state index in [2.05, 4.69) is 22.5 Å². The molecule has 0 unspecified atom stereocenters. The lowest BCUT2D eigenvalue weighted by Gasteiger charge is -2.09. The Hall–Kier alpha value is -3.53. The van der Waals surface area contributed by atoms with Crippen LogP contribution in [0.5, 0.6) is 23.0 Å². The van der Waals surface area contributed by atoms with E-state index in [9.17, 15) is 4.79 Å². The highest BCUT2D eigenvalue weighted by Gasteiger charge is 2.13. The largest absolute Gasteiger partial charge is 0.495 e. The van der Waals surface area contributed by atoms with Gasteiger partial charge in [-0.05, 0) is 24.3 Å². The van der Waals surface area contributed by atoms with Crippen LogP contribution in [-0.4, -0.2) is 33.1 Å². The molecule has 1 aliphatic heterocycles. The zero-order valence-electron chi connectivity index (χ0n) is 14.2. The number of hydrogen-bond donors (Lipinski definition) is 2. The number of anilines is 1. The Morgan fingerprint density at radius 2 is 2.00 bits per heavy atom. The molecular weight excluding hydrogens is 336 g/mol. The molecule has 1 heterocycles. The van der Waals surface area contributed by atoms with Crippen LogP contribution in [0.1, 0.15) is 0 Å². The number of ether oxygens (including phenoxy) is 4. The fraction of sp³-hybridized carbons (Fsp3) is 0.211. The molecule has 0 radical (unpaired) electrons. The average Bonchev–Trinajstić information content (AvgIpc) is 3.13. The monoisotopic (exact) mass is 354 g/mol. The maximum atomic E-state index is 11.8. The van der Waals surface area contributed by atoms with Crippen molar-refractivity contribution in [3.63, 3.8) is 0 Å².